The van der Waals surface area contributed by atoms with Crippen LogP contribution < -0.4 is 5.73 Å². The first-order chi connectivity index (χ1) is 6.61. The molecule has 0 saturated carbocycles. The lowest BCUT2D eigenvalue weighted by molar-refractivity contribution is 0.369. The van der Waals surface area contributed by atoms with Gasteiger partial charge in [0.1, 0.15) is 0 Å². The lowest BCUT2D eigenvalue weighted by Gasteiger charge is -2.13. The summed E-state index contributed by atoms with van der Waals surface area (Å²) in [4.78, 5) is 2.07. The van der Waals surface area contributed by atoms with Gasteiger partial charge in [0, 0.05) is 15.8 Å². The Morgan fingerprint density at radius 1 is 1.50 bits per heavy atom. The Hall–Kier alpha value is -0.730. The van der Waals surface area contributed by atoms with Crippen LogP contribution in [0, 0.1) is 15.9 Å². The molecule has 0 unspecified atom stereocenters. The highest BCUT2D eigenvalue weighted by Gasteiger charge is 2.00. The molecule has 0 heterocycles. The van der Waals surface area contributed by atoms with E-state index in [0.29, 0.717) is 6.54 Å². The lowest BCUT2D eigenvalue weighted by Crippen LogP contribution is -2.17. The summed E-state index contributed by atoms with van der Waals surface area (Å²) in [5.41, 5.74) is 7.75. The number of benzene rings is 1. The summed E-state index contributed by atoms with van der Waals surface area (Å²) in [6.07, 6.45) is 5.23. The molecule has 1 aromatic carbocycles. The van der Waals surface area contributed by atoms with Crippen molar-refractivity contribution in [2.24, 2.45) is 0 Å². The molecule has 0 aliphatic rings. The summed E-state index contributed by atoms with van der Waals surface area (Å²) >= 11 is 2.26. The van der Waals surface area contributed by atoms with E-state index < -0.39 is 0 Å². The topological polar surface area (TPSA) is 29.3 Å². The van der Waals surface area contributed by atoms with Crippen molar-refractivity contribution in [1.82, 2.24) is 4.90 Å². The average molecular weight is 300 g/mol. The number of rotatable bonds is 3. The van der Waals surface area contributed by atoms with Gasteiger partial charge in [-0.1, -0.05) is 5.92 Å². The van der Waals surface area contributed by atoms with Crippen molar-refractivity contribution < 1.29 is 0 Å². The minimum absolute atomic E-state index is 0.658. The van der Waals surface area contributed by atoms with E-state index in [-0.39, 0.29) is 0 Å². The third-order valence-electron chi connectivity index (χ3n) is 1.79. The zero-order valence-corrected chi connectivity index (χ0v) is 10.3. The van der Waals surface area contributed by atoms with Crippen LogP contribution in [0.5, 0.6) is 0 Å². The molecular weight excluding hydrogens is 287 g/mol. The molecule has 74 valence electrons. The summed E-state index contributed by atoms with van der Waals surface area (Å²) in [7, 11) is 2.00. The molecule has 0 aliphatic carbocycles. The van der Waals surface area contributed by atoms with Gasteiger partial charge in [-0.15, -0.1) is 6.42 Å². The largest absolute Gasteiger partial charge is 0.399 e. The van der Waals surface area contributed by atoms with Crippen molar-refractivity contribution in [2.75, 3.05) is 19.3 Å². The van der Waals surface area contributed by atoms with E-state index in [0.717, 1.165) is 15.8 Å². The quantitative estimate of drug-likeness (QED) is 0.525. The molecule has 0 fully saturated rings. The van der Waals surface area contributed by atoms with Crippen LogP contribution in [0.25, 0.3) is 0 Å². The summed E-state index contributed by atoms with van der Waals surface area (Å²) in [5, 5.41) is 0. The molecule has 0 aromatic heterocycles. The number of halogens is 1. The maximum atomic E-state index is 5.75. The Labute approximate surface area is 98.6 Å². The molecule has 0 radical (unpaired) electrons. The van der Waals surface area contributed by atoms with E-state index in [1.54, 1.807) is 0 Å². The highest BCUT2D eigenvalue weighted by atomic mass is 127. The molecule has 0 bridgehead atoms. The number of hydrogen-bond donors (Lipinski definition) is 1. The summed E-state index contributed by atoms with van der Waals surface area (Å²) in [6.45, 7) is 1.50. The number of hydrogen-bond acceptors (Lipinski definition) is 2. The van der Waals surface area contributed by atoms with Gasteiger partial charge in [-0.05, 0) is 53.4 Å². The Bertz CT molecular complexity index is 335. The van der Waals surface area contributed by atoms with Gasteiger partial charge in [-0.25, -0.2) is 0 Å². The predicted octanol–water partition coefficient (Wildman–Crippen LogP) is 1.94. The molecule has 14 heavy (non-hydrogen) atoms. The van der Waals surface area contributed by atoms with Crippen molar-refractivity contribution in [3.05, 3.63) is 27.3 Å². The third-order valence-corrected chi connectivity index (χ3v) is 2.42. The molecule has 0 spiro atoms. The lowest BCUT2D eigenvalue weighted by atomic mass is 10.2. The second kappa shape index (κ2) is 5.23. The first kappa shape index (κ1) is 11.3. The molecule has 2 N–H and O–H groups in total. The SMILES string of the molecule is C#CCN(C)Cc1cc(N)cc(I)c1. The maximum absolute atomic E-state index is 5.75. The van der Waals surface area contributed by atoms with Gasteiger partial charge in [0.15, 0.2) is 0 Å². The molecule has 0 amide bonds. The molecular formula is C11H13IN2. The number of nitrogen functional groups attached to an aromatic ring is 1. The van der Waals surface area contributed by atoms with Gasteiger partial charge in [-0.2, -0.15) is 0 Å². The molecule has 0 saturated heterocycles. The van der Waals surface area contributed by atoms with E-state index in [1.165, 1.54) is 5.56 Å². The summed E-state index contributed by atoms with van der Waals surface area (Å²) < 4.78 is 1.16. The summed E-state index contributed by atoms with van der Waals surface area (Å²) in [5.74, 6) is 2.61. The highest BCUT2D eigenvalue weighted by molar-refractivity contribution is 14.1. The van der Waals surface area contributed by atoms with E-state index in [1.807, 2.05) is 19.2 Å². The molecule has 0 aliphatic heterocycles. The summed E-state index contributed by atoms with van der Waals surface area (Å²) in [6, 6.07) is 6.05. The first-order valence-electron chi connectivity index (χ1n) is 4.29. The van der Waals surface area contributed by atoms with E-state index in [9.17, 15) is 0 Å². The predicted molar refractivity (Wildman–Crippen MR) is 68.7 cm³/mol. The minimum Gasteiger partial charge on any atom is -0.399 e. The van der Waals surface area contributed by atoms with Crippen molar-refractivity contribution in [1.29, 1.82) is 0 Å². The number of terminal acetylenes is 1. The third kappa shape index (κ3) is 3.56. The number of anilines is 1. The highest BCUT2D eigenvalue weighted by Crippen LogP contribution is 2.15. The van der Waals surface area contributed by atoms with Crippen LogP contribution >= 0.6 is 22.6 Å². The van der Waals surface area contributed by atoms with Crippen molar-refractivity contribution in [3.8, 4) is 12.3 Å². The molecule has 1 aromatic rings. The zero-order valence-electron chi connectivity index (χ0n) is 8.13. The fourth-order valence-corrected chi connectivity index (χ4v) is 2.05. The second-order valence-electron chi connectivity index (χ2n) is 3.27. The standard InChI is InChI=1S/C11H13IN2/c1-3-4-14(2)8-9-5-10(12)7-11(13)6-9/h1,5-7H,4,8,13H2,2H3. The van der Waals surface area contributed by atoms with Crippen LogP contribution in [-0.2, 0) is 6.54 Å². The van der Waals surface area contributed by atoms with Crippen molar-refractivity contribution >= 4 is 28.3 Å². The fourth-order valence-electron chi connectivity index (χ4n) is 1.29. The van der Waals surface area contributed by atoms with E-state index in [2.05, 4.69) is 39.5 Å². The smallest absolute Gasteiger partial charge is 0.0599 e. The van der Waals surface area contributed by atoms with Gasteiger partial charge in [0.2, 0.25) is 0 Å². The van der Waals surface area contributed by atoms with Crippen LogP contribution in [0.4, 0.5) is 5.69 Å². The Morgan fingerprint density at radius 3 is 2.79 bits per heavy atom. The van der Waals surface area contributed by atoms with Crippen molar-refractivity contribution in [3.63, 3.8) is 0 Å². The number of nitrogens with zero attached hydrogens (tertiary/aromatic N) is 1. The monoisotopic (exact) mass is 300 g/mol. The Kier molecular flexibility index (Phi) is 4.23. The molecule has 1 rings (SSSR count). The van der Waals surface area contributed by atoms with Crippen LogP contribution in [0.3, 0.4) is 0 Å². The van der Waals surface area contributed by atoms with Gasteiger partial charge < -0.3 is 5.73 Å². The van der Waals surface area contributed by atoms with Gasteiger partial charge in [-0.3, -0.25) is 4.90 Å². The van der Waals surface area contributed by atoms with Gasteiger partial charge in [0.05, 0.1) is 6.54 Å². The van der Waals surface area contributed by atoms with E-state index >= 15 is 0 Å². The molecule has 3 heteroatoms. The second-order valence-corrected chi connectivity index (χ2v) is 4.51. The normalized spacial score (nSPS) is 10.1. The Morgan fingerprint density at radius 2 is 2.21 bits per heavy atom. The van der Waals surface area contributed by atoms with Crippen LogP contribution in [0.2, 0.25) is 0 Å². The minimum atomic E-state index is 0.658. The van der Waals surface area contributed by atoms with Gasteiger partial charge in [0.25, 0.3) is 0 Å². The van der Waals surface area contributed by atoms with Crippen LogP contribution in [-0.4, -0.2) is 18.5 Å². The van der Waals surface area contributed by atoms with Crippen LogP contribution in [0.1, 0.15) is 5.56 Å². The Balaban J connectivity index is 2.72. The zero-order chi connectivity index (χ0) is 10.6. The number of nitrogens with two attached hydrogens (primary N) is 1. The van der Waals surface area contributed by atoms with Crippen LogP contribution in [0.15, 0.2) is 18.2 Å². The van der Waals surface area contributed by atoms with Gasteiger partial charge >= 0.3 is 0 Å². The van der Waals surface area contributed by atoms with Crippen molar-refractivity contribution in [2.45, 2.75) is 6.54 Å². The fraction of sp³-hybridized carbons (Fsp3) is 0.273. The first-order valence-corrected chi connectivity index (χ1v) is 5.36. The molecule has 0 atom stereocenters. The van der Waals surface area contributed by atoms with E-state index in [4.69, 9.17) is 12.2 Å². The average Bonchev–Trinajstić information content (AvgIpc) is 2.01. The molecule has 2 nitrogen and oxygen atoms in total. The maximum Gasteiger partial charge on any atom is 0.0599 e.